The molecule has 5 rings (SSSR count). The van der Waals surface area contributed by atoms with Crippen molar-refractivity contribution in [3.8, 4) is 0 Å². The fourth-order valence-electron chi connectivity index (χ4n) is 5.04. The standard InChI is InChI=1S/C21H25BrNO2.ClHO4/c1-5-24-21(25-6-2)18-16-12-7-8-13-23(16)19(20(21,3)4)14-10-9-11-15(22)17(14)18;2-1(3,4)5/h7-13,18-19H,5-6H2,1-4H3;(H,2,3,4,5)/q+1;/p-1. The van der Waals surface area contributed by atoms with Crippen molar-refractivity contribution in [3.63, 3.8) is 0 Å². The first-order valence-electron chi connectivity index (χ1n) is 9.67. The maximum absolute atomic E-state index is 8.49. The number of rotatable bonds is 4. The van der Waals surface area contributed by atoms with Gasteiger partial charge in [-0.15, -0.1) is 10.2 Å². The van der Waals surface area contributed by atoms with Gasteiger partial charge in [0.25, 0.3) is 0 Å². The highest BCUT2D eigenvalue weighted by molar-refractivity contribution is 9.10. The molecular weight excluding hydrogens is 478 g/mol. The average molecular weight is 503 g/mol. The summed E-state index contributed by atoms with van der Waals surface area (Å²) in [5.74, 6) is -0.654. The molecule has 2 atom stereocenters. The third kappa shape index (κ3) is 3.80. The minimum absolute atomic E-state index is 0.0270. The highest BCUT2D eigenvalue weighted by Gasteiger charge is 2.70. The summed E-state index contributed by atoms with van der Waals surface area (Å²) < 4.78 is 50.5. The van der Waals surface area contributed by atoms with Crippen LogP contribution in [0.4, 0.5) is 0 Å². The van der Waals surface area contributed by atoms with Crippen molar-refractivity contribution in [2.24, 2.45) is 5.41 Å². The van der Waals surface area contributed by atoms with E-state index in [0.717, 1.165) is 4.47 Å². The Kier molecular flexibility index (Phi) is 6.63. The van der Waals surface area contributed by atoms with E-state index in [1.165, 1.54) is 16.8 Å². The van der Waals surface area contributed by atoms with Gasteiger partial charge in [0, 0.05) is 35.4 Å². The molecule has 1 aromatic carbocycles. The predicted molar refractivity (Wildman–Crippen MR) is 101 cm³/mol. The van der Waals surface area contributed by atoms with Crippen molar-refractivity contribution in [3.05, 3.63) is 63.9 Å². The monoisotopic (exact) mass is 501 g/mol. The normalized spacial score (nSPS) is 22.6. The van der Waals surface area contributed by atoms with Gasteiger partial charge < -0.3 is 9.47 Å². The number of halogens is 2. The van der Waals surface area contributed by atoms with Crippen molar-refractivity contribution in [1.29, 1.82) is 0 Å². The number of hydrogen-bond acceptors (Lipinski definition) is 6. The van der Waals surface area contributed by atoms with E-state index < -0.39 is 16.0 Å². The van der Waals surface area contributed by atoms with E-state index in [0.29, 0.717) is 13.2 Å². The molecule has 0 saturated carbocycles. The number of fused-ring (bicyclic) bond motifs is 1. The molecule has 3 aliphatic rings. The first-order valence-corrected chi connectivity index (χ1v) is 11.7. The number of ether oxygens (including phenoxy) is 2. The highest BCUT2D eigenvalue weighted by atomic mass is 79.9. The molecule has 2 aliphatic heterocycles. The van der Waals surface area contributed by atoms with E-state index in [1.54, 1.807) is 0 Å². The molecule has 7 nitrogen and oxygen atoms in total. The molecule has 30 heavy (non-hydrogen) atoms. The Hall–Kier alpha value is -1.10. The van der Waals surface area contributed by atoms with Crippen LogP contribution in [0.5, 0.6) is 0 Å². The maximum Gasteiger partial charge on any atom is 0.196 e. The Morgan fingerprint density at radius 1 is 1.00 bits per heavy atom. The van der Waals surface area contributed by atoms with Crippen LogP contribution in [0.1, 0.15) is 56.5 Å². The topological polar surface area (TPSA) is 115 Å². The van der Waals surface area contributed by atoms with Crippen LogP contribution in [-0.2, 0) is 9.47 Å². The predicted octanol–water partition coefficient (Wildman–Crippen LogP) is -0.176. The number of nitrogens with zero attached hydrogens (tertiary/aromatic N) is 1. The molecule has 0 N–H and O–H groups in total. The van der Waals surface area contributed by atoms with Gasteiger partial charge >= 0.3 is 0 Å². The van der Waals surface area contributed by atoms with Gasteiger partial charge in [0.05, 0.1) is 5.41 Å². The number of benzene rings is 1. The summed E-state index contributed by atoms with van der Waals surface area (Å²) in [6, 6.07) is 13.1. The summed E-state index contributed by atoms with van der Waals surface area (Å²) in [6.45, 7) is 9.92. The summed E-state index contributed by atoms with van der Waals surface area (Å²) >= 11 is 3.81. The smallest absolute Gasteiger partial charge is 0.196 e. The van der Waals surface area contributed by atoms with Crippen LogP contribution in [-0.4, -0.2) is 19.0 Å². The molecule has 2 aromatic rings. The molecule has 2 unspecified atom stereocenters. The largest absolute Gasteiger partial charge is 0.348 e. The summed E-state index contributed by atoms with van der Waals surface area (Å²) in [4.78, 5) is 0. The Balaban J connectivity index is 0.000000461. The Morgan fingerprint density at radius 3 is 2.17 bits per heavy atom. The van der Waals surface area contributed by atoms with E-state index in [4.69, 9.17) is 28.1 Å². The van der Waals surface area contributed by atoms with Gasteiger partial charge in [-0.05, 0) is 39.3 Å². The van der Waals surface area contributed by atoms with Crippen LogP contribution in [0.25, 0.3) is 0 Å². The van der Waals surface area contributed by atoms with Crippen molar-refractivity contribution in [2.75, 3.05) is 13.2 Å². The summed E-state index contributed by atoms with van der Waals surface area (Å²) in [5.41, 5.74) is 3.72. The van der Waals surface area contributed by atoms with Crippen molar-refractivity contribution in [2.45, 2.75) is 45.4 Å². The molecule has 3 heterocycles. The fourth-order valence-corrected chi connectivity index (χ4v) is 5.65. The molecule has 0 saturated heterocycles. The van der Waals surface area contributed by atoms with Gasteiger partial charge in [0.15, 0.2) is 23.7 Å². The molecular formula is C21H25BrClNO6. The van der Waals surface area contributed by atoms with E-state index in [9.17, 15) is 0 Å². The van der Waals surface area contributed by atoms with Crippen LogP contribution in [0.2, 0.25) is 0 Å². The fraction of sp³-hybridized carbons (Fsp3) is 0.476. The molecule has 9 heteroatoms. The molecule has 2 bridgehead atoms. The van der Waals surface area contributed by atoms with Gasteiger partial charge in [0.2, 0.25) is 0 Å². The van der Waals surface area contributed by atoms with Crippen LogP contribution in [0, 0.1) is 15.7 Å². The molecule has 0 radical (unpaired) electrons. The van der Waals surface area contributed by atoms with Crippen molar-refractivity contribution < 1.29 is 42.9 Å². The molecule has 164 valence electrons. The molecule has 1 aliphatic carbocycles. The number of aromatic nitrogens is 1. The maximum atomic E-state index is 8.49. The highest BCUT2D eigenvalue weighted by Crippen LogP contribution is 2.62. The summed E-state index contributed by atoms with van der Waals surface area (Å²) in [7, 11) is -4.94. The molecule has 0 spiro atoms. The zero-order valence-corrected chi connectivity index (χ0v) is 19.6. The SMILES string of the molecule is CCOC1(OCC)C2c3c(Br)cccc3C([n+]3ccccc32)C1(C)C.[O-][Cl+3]([O-])([O-])[O-]. The summed E-state index contributed by atoms with van der Waals surface area (Å²) in [6.07, 6.45) is 2.19. The Labute approximate surface area is 186 Å². The number of pyridine rings is 1. The minimum Gasteiger partial charge on any atom is -0.348 e. The lowest BCUT2D eigenvalue weighted by Gasteiger charge is -2.57. The second-order valence-corrected chi connectivity index (χ2v) is 9.35. The van der Waals surface area contributed by atoms with E-state index in [1.807, 2.05) is 0 Å². The number of hydrogen-bond donors (Lipinski definition) is 0. The lowest BCUT2D eigenvalue weighted by Crippen LogP contribution is -2.71. The van der Waals surface area contributed by atoms with E-state index >= 15 is 0 Å². The first kappa shape index (κ1) is 23.6. The van der Waals surface area contributed by atoms with Crippen LogP contribution in [0.3, 0.4) is 0 Å². The second-order valence-electron chi connectivity index (χ2n) is 7.74. The minimum atomic E-state index is -4.94. The lowest BCUT2D eigenvalue weighted by molar-refractivity contribution is -2.00. The molecule has 0 fully saturated rings. The van der Waals surface area contributed by atoms with Gasteiger partial charge in [-0.2, -0.15) is 4.57 Å². The van der Waals surface area contributed by atoms with Crippen molar-refractivity contribution in [1.82, 2.24) is 0 Å². The third-order valence-electron chi connectivity index (χ3n) is 5.85. The Morgan fingerprint density at radius 2 is 1.60 bits per heavy atom. The molecule has 0 amide bonds. The quantitative estimate of drug-likeness (QED) is 0.423. The van der Waals surface area contributed by atoms with Gasteiger partial charge in [0.1, 0.15) is 5.92 Å². The second kappa shape index (κ2) is 8.44. The van der Waals surface area contributed by atoms with E-state index in [2.05, 4.69) is 90.8 Å². The lowest BCUT2D eigenvalue weighted by atomic mass is 9.57. The van der Waals surface area contributed by atoms with Crippen LogP contribution in [0.15, 0.2) is 47.1 Å². The Bertz CT molecular complexity index is 905. The van der Waals surface area contributed by atoms with E-state index in [-0.39, 0.29) is 17.4 Å². The van der Waals surface area contributed by atoms with Gasteiger partial charge in [-0.1, -0.05) is 34.1 Å². The zero-order valence-electron chi connectivity index (χ0n) is 17.3. The summed E-state index contributed by atoms with van der Waals surface area (Å²) in [5, 5.41) is 0. The van der Waals surface area contributed by atoms with Crippen LogP contribution >= 0.6 is 15.9 Å². The zero-order chi connectivity index (χ0) is 22.3. The van der Waals surface area contributed by atoms with Crippen molar-refractivity contribution >= 4 is 15.9 Å². The van der Waals surface area contributed by atoms with Crippen LogP contribution < -0.4 is 23.2 Å². The van der Waals surface area contributed by atoms with Gasteiger partial charge in [-0.25, -0.2) is 18.6 Å². The average Bonchev–Trinajstić information content (AvgIpc) is 2.63. The van der Waals surface area contributed by atoms with Gasteiger partial charge in [-0.3, -0.25) is 0 Å². The first-order chi connectivity index (χ1) is 14.0. The molecule has 1 aromatic heterocycles. The third-order valence-corrected chi connectivity index (χ3v) is 6.54.